The standard InChI is InChI=1S/C16H13BrCl2N2/c1-10(18)16-20-15-13(19)7-4-8-14(15)21(16)9-11-5-2-3-6-12(11)17/h2-8,10H,9H2,1H3. The second kappa shape index (κ2) is 5.99. The third-order valence-electron chi connectivity index (χ3n) is 3.40. The summed E-state index contributed by atoms with van der Waals surface area (Å²) in [5, 5.41) is 0.466. The third-order valence-corrected chi connectivity index (χ3v) is 4.68. The number of alkyl halides is 1. The summed E-state index contributed by atoms with van der Waals surface area (Å²) in [6.45, 7) is 2.62. The quantitative estimate of drug-likeness (QED) is 0.522. The van der Waals surface area contributed by atoms with Crippen molar-refractivity contribution in [3.05, 3.63) is 63.3 Å². The van der Waals surface area contributed by atoms with Crippen molar-refractivity contribution in [2.45, 2.75) is 18.8 Å². The molecule has 2 nitrogen and oxygen atoms in total. The molecule has 0 fully saturated rings. The van der Waals surface area contributed by atoms with Gasteiger partial charge in [0.2, 0.25) is 0 Å². The first kappa shape index (κ1) is 14.9. The van der Waals surface area contributed by atoms with Gasteiger partial charge in [-0.25, -0.2) is 4.98 Å². The van der Waals surface area contributed by atoms with E-state index in [0.29, 0.717) is 11.6 Å². The Labute approximate surface area is 141 Å². The Hall–Kier alpha value is -1.03. The van der Waals surface area contributed by atoms with E-state index in [0.717, 1.165) is 21.3 Å². The molecule has 108 valence electrons. The molecular weight excluding hydrogens is 371 g/mol. The van der Waals surface area contributed by atoms with Crippen LogP contribution in [0.1, 0.15) is 23.7 Å². The van der Waals surface area contributed by atoms with Gasteiger partial charge in [-0.1, -0.05) is 51.8 Å². The first-order chi connectivity index (χ1) is 10.1. The highest BCUT2D eigenvalue weighted by Gasteiger charge is 2.17. The summed E-state index contributed by atoms with van der Waals surface area (Å²) in [6.07, 6.45) is 0. The minimum Gasteiger partial charge on any atom is -0.322 e. The predicted octanol–water partition coefficient (Wildman–Crippen LogP) is 5.80. The Kier molecular flexibility index (Phi) is 4.25. The number of nitrogens with zero attached hydrogens (tertiary/aromatic N) is 2. The maximum absolute atomic E-state index is 6.30. The number of rotatable bonds is 3. The van der Waals surface area contributed by atoms with Crippen molar-refractivity contribution in [2.75, 3.05) is 0 Å². The lowest BCUT2D eigenvalue weighted by molar-refractivity contribution is 0.740. The van der Waals surface area contributed by atoms with Gasteiger partial charge < -0.3 is 4.57 Å². The molecule has 1 heterocycles. The zero-order valence-corrected chi connectivity index (χ0v) is 14.5. The van der Waals surface area contributed by atoms with Gasteiger partial charge >= 0.3 is 0 Å². The van der Waals surface area contributed by atoms with E-state index < -0.39 is 0 Å². The lowest BCUT2D eigenvalue weighted by atomic mass is 10.2. The van der Waals surface area contributed by atoms with Gasteiger partial charge in [0, 0.05) is 4.47 Å². The lowest BCUT2D eigenvalue weighted by Gasteiger charge is -2.12. The van der Waals surface area contributed by atoms with Crippen molar-refractivity contribution in [2.24, 2.45) is 0 Å². The predicted molar refractivity (Wildman–Crippen MR) is 92.3 cm³/mol. The Morgan fingerprint density at radius 2 is 1.95 bits per heavy atom. The topological polar surface area (TPSA) is 17.8 Å². The number of halogens is 3. The van der Waals surface area contributed by atoms with E-state index in [-0.39, 0.29) is 5.38 Å². The van der Waals surface area contributed by atoms with Gasteiger partial charge in [-0.3, -0.25) is 0 Å². The Balaban J connectivity index is 2.19. The summed E-state index contributed by atoms with van der Waals surface area (Å²) >= 11 is 16.1. The van der Waals surface area contributed by atoms with E-state index in [1.54, 1.807) is 0 Å². The maximum atomic E-state index is 6.30. The molecule has 0 N–H and O–H groups in total. The number of imidazole rings is 1. The van der Waals surface area contributed by atoms with Gasteiger partial charge in [-0.05, 0) is 30.7 Å². The van der Waals surface area contributed by atoms with Crippen molar-refractivity contribution >= 4 is 50.2 Å². The second-order valence-corrected chi connectivity index (χ2v) is 6.79. The molecule has 0 aliphatic carbocycles. The molecule has 5 heteroatoms. The van der Waals surface area contributed by atoms with Gasteiger partial charge in [0.25, 0.3) is 0 Å². The number of benzene rings is 2. The van der Waals surface area contributed by atoms with E-state index in [1.807, 2.05) is 43.3 Å². The summed E-state index contributed by atoms with van der Waals surface area (Å²) in [5.74, 6) is 0.829. The summed E-state index contributed by atoms with van der Waals surface area (Å²) in [7, 11) is 0. The van der Waals surface area contributed by atoms with Crippen LogP contribution in [0.2, 0.25) is 5.02 Å². The zero-order chi connectivity index (χ0) is 15.0. The Morgan fingerprint density at radius 1 is 1.19 bits per heavy atom. The van der Waals surface area contributed by atoms with Crippen molar-refractivity contribution < 1.29 is 0 Å². The molecule has 0 bridgehead atoms. The molecule has 0 radical (unpaired) electrons. The lowest BCUT2D eigenvalue weighted by Crippen LogP contribution is -2.06. The van der Waals surface area contributed by atoms with Crippen molar-refractivity contribution in [1.29, 1.82) is 0 Å². The van der Waals surface area contributed by atoms with E-state index in [4.69, 9.17) is 23.2 Å². The Bertz CT molecular complexity index is 796. The average molecular weight is 384 g/mol. The van der Waals surface area contributed by atoms with Crippen LogP contribution in [0, 0.1) is 0 Å². The molecule has 0 aliphatic rings. The number of fused-ring (bicyclic) bond motifs is 1. The molecule has 1 aromatic heterocycles. The van der Waals surface area contributed by atoms with E-state index >= 15 is 0 Å². The minimum absolute atomic E-state index is 0.184. The monoisotopic (exact) mass is 382 g/mol. The van der Waals surface area contributed by atoms with Crippen LogP contribution in [-0.2, 0) is 6.54 Å². The largest absolute Gasteiger partial charge is 0.322 e. The van der Waals surface area contributed by atoms with E-state index in [2.05, 4.69) is 31.5 Å². The second-order valence-electron chi connectivity index (χ2n) is 4.87. The zero-order valence-electron chi connectivity index (χ0n) is 11.4. The van der Waals surface area contributed by atoms with Gasteiger partial charge in [0.15, 0.2) is 0 Å². The van der Waals surface area contributed by atoms with E-state index in [9.17, 15) is 0 Å². The number of aromatic nitrogens is 2. The van der Waals surface area contributed by atoms with Crippen LogP contribution in [0.3, 0.4) is 0 Å². The SMILES string of the molecule is CC(Cl)c1nc2c(Cl)cccc2n1Cc1ccccc1Br. The molecule has 0 amide bonds. The van der Waals surface area contributed by atoms with Crippen LogP contribution < -0.4 is 0 Å². The van der Waals surface area contributed by atoms with E-state index in [1.165, 1.54) is 5.56 Å². The third kappa shape index (κ3) is 2.83. The molecule has 1 atom stereocenters. The smallest absolute Gasteiger partial charge is 0.128 e. The first-order valence-corrected chi connectivity index (χ1v) is 8.21. The highest BCUT2D eigenvalue weighted by atomic mass is 79.9. The maximum Gasteiger partial charge on any atom is 0.128 e. The molecule has 0 spiro atoms. The fourth-order valence-electron chi connectivity index (χ4n) is 2.40. The molecule has 21 heavy (non-hydrogen) atoms. The fraction of sp³-hybridized carbons (Fsp3) is 0.188. The van der Waals surface area contributed by atoms with Crippen LogP contribution in [0.15, 0.2) is 46.9 Å². The highest BCUT2D eigenvalue weighted by Crippen LogP contribution is 2.30. The molecule has 1 unspecified atom stereocenters. The number of para-hydroxylation sites is 1. The van der Waals surface area contributed by atoms with Crippen LogP contribution in [-0.4, -0.2) is 9.55 Å². The van der Waals surface area contributed by atoms with Crippen LogP contribution in [0.4, 0.5) is 0 Å². The summed E-state index contributed by atoms with van der Waals surface area (Å²) in [6, 6.07) is 14.0. The molecule has 3 aromatic rings. The fourth-order valence-corrected chi connectivity index (χ4v) is 3.19. The highest BCUT2D eigenvalue weighted by molar-refractivity contribution is 9.10. The van der Waals surface area contributed by atoms with Crippen LogP contribution in [0.5, 0.6) is 0 Å². The Morgan fingerprint density at radius 3 is 2.67 bits per heavy atom. The van der Waals surface area contributed by atoms with Crippen LogP contribution in [0.25, 0.3) is 11.0 Å². The molecule has 0 saturated carbocycles. The first-order valence-electron chi connectivity index (χ1n) is 6.60. The van der Waals surface area contributed by atoms with Gasteiger partial charge in [0.1, 0.15) is 11.3 Å². The van der Waals surface area contributed by atoms with Crippen molar-refractivity contribution in [1.82, 2.24) is 9.55 Å². The average Bonchev–Trinajstić information content (AvgIpc) is 2.82. The molecule has 0 aliphatic heterocycles. The molecule has 0 saturated heterocycles. The van der Waals surface area contributed by atoms with Gasteiger partial charge in [-0.15, -0.1) is 11.6 Å². The van der Waals surface area contributed by atoms with Gasteiger partial charge in [0.05, 0.1) is 22.5 Å². The molecule has 2 aromatic carbocycles. The summed E-state index contributed by atoms with van der Waals surface area (Å²) in [5.41, 5.74) is 2.98. The van der Waals surface area contributed by atoms with Crippen molar-refractivity contribution in [3.8, 4) is 0 Å². The normalized spacial score (nSPS) is 12.8. The number of hydrogen-bond donors (Lipinski definition) is 0. The minimum atomic E-state index is -0.184. The molecule has 3 rings (SSSR count). The van der Waals surface area contributed by atoms with Crippen molar-refractivity contribution in [3.63, 3.8) is 0 Å². The summed E-state index contributed by atoms with van der Waals surface area (Å²) in [4.78, 5) is 4.62. The van der Waals surface area contributed by atoms with Crippen LogP contribution >= 0.6 is 39.1 Å². The summed E-state index contributed by atoms with van der Waals surface area (Å²) < 4.78 is 3.20. The number of hydrogen-bond acceptors (Lipinski definition) is 1. The van der Waals surface area contributed by atoms with Gasteiger partial charge in [-0.2, -0.15) is 0 Å². The molecular formula is C16H13BrCl2N2.